The fourth-order valence-electron chi connectivity index (χ4n) is 5.66. The number of piperidine rings is 1. The first-order valence-electron chi connectivity index (χ1n) is 12.6. The van der Waals surface area contributed by atoms with Crippen molar-refractivity contribution in [3.8, 4) is 0 Å². The number of nitrogens with zero attached hydrogens (tertiary/aromatic N) is 5. The number of aromatic nitrogens is 2. The second-order valence-corrected chi connectivity index (χ2v) is 10.7. The minimum Gasteiger partial charge on any atom is -0.387 e. The van der Waals surface area contributed by atoms with Crippen LogP contribution in [0.2, 0.25) is 5.02 Å². The van der Waals surface area contributed by atoms with Crippen molar-refractivity contribution in [2.45, 2.75) is 50.0 Å². The van der Waals surface area contributed by atoms with E-state index in [0.29, 0.717) is 49.9 Å². The number of piperazine rings is 1. The molecule has 1 N–H and O–H groups in total. The Labute approximate surface area is 215 Å². The molecule has 2 fully saturated rings. The normalized spacial score (nSPS) is 25.0. The molecule has 0 saturated carbocycles. The number of carbonyl (C=O) groups excluding carboxylic acids is 1. The van der Waals surface area contributed by atoms with Gasteiger partial charge in [-0.05, 0) is 30.0 Å². The predicted octanol–water partition coefficient (Wildman–Crippen LogP) is 3.83. The Morgan fingerprint density at radius 1 is 1.11 bits per heavy atom. The lowest BCUT2D eigenvalue weighted by atomic mass is 9.95. The molecule has 2 aliphatic heterocycles. The van der Waals surface area contributed by atoms with Crippen molar-refractivity contribution in [3.05, 3.63) is 52.4 Å². The molecular weight excluding hydrogens is 488 g/mol. The molecule has 1 aromatic heterocycles. The van der Waals surface area contributed by atoms with Crippen molar-refractivity contribution in [2.75, 3.05) is 50.7 Å². The zero-order chi connectivity index (χ0) is 25.4. The Morgan fingerprint density at radius 3 is 2.44 bits per heavy atom. The van der Waals surface area contributed by atoms with E-state index in [0.717, 1.165) is 16.9 Å². The van der Waals surface area contributed by atoms with Crippen LogP contribution in [0.15, 0.2) is 30.6 Å². The van der Waals surface area contributed by atoms with Crippen molar-refractivity contribution >= 4 is 23.3 Å². The van der Waals surface area contributed by atoms with Crippen LogP contribution >= 0.6 is 11.6 Å². The van der Waals surface area contributed by atoms with Gasteiger partial charge in [-0.3, -0.25) is 4.79 Å². The lowest BCUT2D eigenvalue weighted by molar-refractivity contribution is -0.134. The van der Waals surface area contributed by atoms with Crippen LogP contribution < -0.4 is 4.90 Å². The quantitative estimate of drug-likeness (QED) is 0.647. The van der Waals surface area contributed by atoms with Crippen LogP contribution in [0.3, 0.4) is 0 Å². The Hall–Kier alpha value is -2.36. The molecule has 1 amide bonds. The number of alkyl halides is 2. The van der Waals surface area contributed by atoms with Gasteiger partial charge in [0.2, 0.25) is 5.91 Å². The molecule has 3 aliphatic rings. The van der Waals surface area contributed by atoms with Gasteiger partial charge in [-0.2, -0.15) is 0 Å². The molecule has 3 atom stereocenters. The average molecular weight is 520 g/mol. The molecule has 1 aromatic carbocycles. The predicted molar refractivity (Wildman–Crippen MR) is 134 cm³/mol. The number of aliphatic hydroxyl groups excluding tert-OH is 1. The molecule has 0 spiro atoms. The van der Waals surface area contributed by atoms with Crippen molar-refractivity contribution in [1.82, 2.24) is 19.8 Å². The van der Waals surface area contributed by atoms with Crippen molar-refractivity contribution in [1.29, 1.82) is 0 Å². The summed E-state index contributed by atoms with van der Waals surface area (Å²) in [6.07, 6.45) is 1.23. The van der Waals surface area contributed by atoms with Gasteiger partial charge in [0.1, 0.15) is 12.1 Å². The number of halogens is 3. The van der Waals surface area contributed by atoms with Gasteiger partial charge in [0.15, 0.2) is 0 Å². The van der Waals surface area contributed by atoms with Crippen molar-refractivity contribution in [2.24, 2.45) is 0 Å². The molecule has 1 unspecified atom stereocenters. The molecule has 0 radical (unpaired) electrons. The standard InChI is InChI=1S/C26H32ClF2N5O2/c1-17-14-21(35)23-22(17)24(31-16-30-23)33-10-12-34(13-11-33)25(36)20(18-2-4-19(27)5-3-18)15-32-8-6-26(28,29)7-9-32/h2-5,16-17,20-21,35H,6-15H2,1H3/t17-,20?,21-/m1/s1. The third-order valence-corrected chi connectivity index (χ3v) is 8.02. The summed E-state index contributed by atoms with van der Waals surface area (Å²) < 4.78 is 27.4. The maximum atomic E-state index is 13.8. The first kappa shape index (κ1) is 25.3. The zero-order valence-corrected chi connectivity index (χ0v) is 21.2. The van der Waals surface area contributed by atoms with E-state index in [2.05, 4.69) is 21.8 Å². The van der Waals surface area contributed by atoms with Crippen LogP contribution in [-0.4, -0.2) is 82.5 Å². The summed E-state index contributed by atoms with van der Waals surface area (Å²) in [4.78, 5) is 28.6. The third-order valence-electron chi connectivity index (χ3n) is 7.77. The molecule has 5 rings (SSSR count). The molecule has 10 heteroatoms. The summed E-state index contributed by atoms with van der Waals surface area (Å²) in [5.41, 5.74) is 2.56. The smallest absolute Gasteiger partial charge is 0.250 e. The van der Waals surface area contributed by atoms with E-state index in [1.54, 1.807) is 12.1 Å². The molecule has 2 saturated heterocycles. The van der Waals surface area contributed by atoms with Crippen LogP contribution in [0.5, 0.6) is 0 Å². The first-order valence-corrected chi connectivity index (χ1v) is 13.0. The van der Waals surface area contributed by atoms with Crippen LogP contribution in [0.1, 0.15) is 60.9 Å². The molecule has 36 heavy (non-hydrogen) atoms. The third kappa shape index (κ3) is 5.19. The molecule has 3 heterocycles. The largest absolute Gasteiger partial charge is 0.387 e. The number of amides is 1. The molecular formula is C26H32ClF2N5O2. The number of likely N-dealkylation sites (tertiary alicyclic amines) is 1. The summed E-state index contributed by atoms with van der Waals surface area (Å²) in [6, 6.07) is 7.25. The van der Waals surface area contributed by atoms with E-state index >= 15 is 0 Å². The Kier molecular flexibility index (Phi) is 7.16. The average Bonchev–Trinajstić information content (AvgIpc) is 3.17. The second-order valence-electron chi connectivity index (χ2n) is 10.2. The number of rotatable bonds is 5. The SMILES string of the molecule is C[C@@H]1C[C@@H](O)c2ncnc(N3CCN(C(=O)C(CN4CCC(F)(F)CC4)c4ccc(Cl)cc4)CC3)c21. The van der Waals surface area contributed by atoms with E-state index in [4.69, 9.17) is 11.6 Å². The number of carbonyl (C=O) groups is 1. The summed E-state index contributed by atoms with van der Waals surface area (Å²) in [5.74, 6) is -2.04. The maximum absolute atomic E-state index is 13.8. The van der Waals surface area contributed by atoms with E-state index in [-0.39, 0.29) is 37.8 Å². The maximum Gasteiger partial charge on any atom is 0.250 e. The molecule has 194 valence electrons. The Bertz CT molecular complexity index is 1080. The highest BCUT2D eigenvalue weighted by Gasteiger charge is 2.38. The first-order chi connectivity index (χ1) is 17.2. The van der Waals surface area contributed by atoms with E-state index in [1.165, 1.54) is 6.33 Å². The highest BCUT2D eigenvalue weighted by molar-refractivity contribution is 6.30. The van der Waals surface area contributed by atoms with Gasteiger partial charge in [-0.1, -0.05) is 30.7 Å². The van der Waals surface area contributed by atoms with E-state index in [9.17, 15) is 18.7 Å². The number of hydrogen-bond acceptors (Lipinski definition) is 6. The van der Waals surface area contributed by atoms with Crippen molar-refractivity contribution < 1.29 is 18.7 Å². The highest BCUT2D eigenvalue weighted by Crippen LogP contribution is 2.43. The highest BCUT2D eigenvalue weighted by atomic mass is 35.5. The van der Waals surface area contributed by atoms with Gasteiger partial charge in [-0.25, -0.2) is 18.7 Å². The number of aliphatic hydroxyl groups is 1. The number of hydrogen-bond donors (Lipinski definition) is 1. The monoisotopic (exact) mass is 519 g/mol. The van der Waals surface area contributed by atoms with E-state index in [1.807, 2.05) is 21.9 Å². The minimum atomic E-state index is -2.62. The van der Waals surface area contributed by atoms with Crippen LogP contribution in [-0.2, 0) is 4.79 Å². The second kappa shape index (κ2) is 10.2. The van der Waals surface area contributed by atoms with Gasteiger partial charge in [0.25, 0.3) is 5.92 Å². The number of benzene rings is 1. The van der Waals surface area contributed by atoms with Crippen LogP contribution in [0.4, 0.5) is 14.6 Å². The number of fused-ring (bicyclic) bond motifs is 1. The summed E-state index contributed by atoms with van der Waals surface area (Å²) in [7, 11) is 0. The van der Waals surface area contributed by atoms with Gasteiger partial charge in [0, 0.05) is 69.2 Å². The summed E-state index contributed by atoms with van der Waals surface area (Å²) >= 11 is 6.08. The lowest BCUT2D eigenvalue weighted by Crippen LogP contribution is -2.52. The van der Waals surface area contributed by atoms with Crippen LogP contribution in [0.25, 0.3) is 0 Å². The van der Waals surface area contributed by atoms with Crippen LogP contribution in [0, 0.1) is 0 Å². The summed E-state index contributed by atoms with van der Waals surface area (Å²) in [5, 5.41) is 10.9. The molecule has 2 aromatic rings. The minimum absolute atomic E-state index is 0.00557. The van der Waals surface area contributed by atoms with Gasteiger partial charge in [-0.15, -0.1) is 0 Å². The molecule has 0 bridgehead atoms. The molecule has 7 nitrogen and oxygen atoms in total. The number of anilines is 1. The Morgan fingerprint density at radius 2 is 1.78 bits per heavy atom. The lowest BCUT2D eigenvalue weighted by Gasteiger charge is -2.39. The fourth-order valence-corrected chi connectivity index (χ4v) is 5.78. The van der Waals surface area contributed by atoms with E-state index < -0.39 is 17.9 Å². The Balaban J connectivity index is 1.29. The van der Waals surface area contributed by atoms with Gasteiger partial charge in [0.05, 0.1) is 17.7 Å². The van der Waals surface area contributed by atoms with Gasteiger partial charge < -0.3 is 19.8 Å². The molecule has 1 aliphatic carbocycles. The zero-order valence-electron chi connectivity index (χ0n) is 20.4. The topological polar surface area (TPSA) is 72.8 Å². The van der Waals surface area contributed by atoms with Gasteiger partial charge >= 0.3 is 0 Å². The van der Waals surface area contributed by atoms with Crippen molar-refractivity contribution in [3.63, 3.8) is 0 Å². The fraction of sp³-hybridized carbons (Fsp3) is 0.577. The summed E-state index contributed by atoms with van der Waals surface area (Å²) in [6.45, 7) is 5.37.